The number of aromatic nitrogens is 2. The summed E-state index contributed by atoms with van der Waals surface area (Å²) >= 11 is 0. The molecule has 0 amide bonds. The summed E-state index contributed by atoms with van der Waals surface area (Å²) in [4.78, 5) is 0. The van der Waals surface area contributed by atoms with Gasteiger partial charge in [0, 0.05) is 25.0 Å². The van der Waals surface area contributed by atoms with Gasteiger partial charge >= 0.3 is 0 Å². The molecule has 0 fully saturated rings. The van der Waals surface area contributed by atoms with Crippen molar-refractivity contribution in [3.05, 3.63) is 53.1 Å². The quantitative estimate of drug-likeness (QED) is 0.877. The zero-order valence-electron chi connectivity index (χ0n) is 12.4. The number of hydrogen-bond acceptors (Lipinski definition) is 2. The minimum Gasteiger partial charge on any atom is -0.310 e. The third-order valence-corrected chi connectivity index (χ3v) is 3.67. The Morgan fingerprint density at radius 2 is 2.15 bits per heavy atom. The zero-order chi connectivity index (χ0) is 14.5. The lowest BCUT2D eigenvalue weighted by Crippen LogP contribution is -2.22. The molecule has 108 valence electrons. The van der Waals surface area contributed by atoms with Crippen LogP contribution in [0.1, 0.15) is 36.2 Å². The molecule has 2 rings (SSSR count). The summed E-state index contributed by atoms with van der Waals surface area (Å²) in [6.07, 6.45) is 3.74. The maximum absolute atomic E-state index is 13.2. The third-order valence-electron chi connectivity index (χ3n) is 3.67. The largest absolute Gasteiger partial charge is 0.310 e. The van der Waals surface area contributed by atoms with Gasteiger partial charge in [-0.25, -0.2) is 4.39 Å². The molecule has 1 unspecified atom stereocenters. The highest BCUT2D eigenvalue weighted by molar-refractivity contribution is 5.29. The summed E-state index contributed by atoms with van der Waals surface area (Å²) in [5.74, 6) is -0.173. The predicted molar refractivity (Wildman–Crippen MR) is 79.1 cm³/mol. The molecular weight excluding hydrogens is 253 g/mol. The van der Waals surface area contributed by atoms with E-state index in [1.54, 1.807) is 6.07 Å². The lowest BCUT2D eigenvalue weighted by atomic mass is 9.96. The molecule has 1 aromatic carbocycles. The molecule has 1 heterocycles. The Bertz CT molecular complexity index is 563. The molecule has 3 nitrogen and oxygen atoms in total. The van der Waals surface area contributed by atoms with Gasteiger partial charge in [-0.05, 0) is 55.6 Å². The van der Waals surface area contributed by atoms with Crippen LogP contribution in [0, 0.1) is 12.7 Å². The first-order valence-electron chi connectivity index (χ1n) is 7.08. The molecule has 0 saturated heterocycles. The normalized spacial score (nSPS) is 12.6. The van der Waals surface area contributed by atoms with Gasteiger partial charge in [0.1, 0.15) is 5.82 Å². The highest BCUT2D eigenvalue weighted by atomic mass is 19.1. The van der Waals surface area contributed by atoms with Gasteiger partial charge in [-0.1, -0.05) is 13.0 Å². The van der Waals surface area contributed by atoms with E-state index in [-0.39, 0.29) is 11.9 Å². The smallest absolute Gasteiger partial charge is 0.123 e. The van der Waals surface area contributed by atoms with E-state index in [4.69, 9.17) is 0 Å². The van der Waals surface area contributed by atoms with Gasteiger partial charge in [-0.2, -0.15) is 5.10 Å². The first kappa shape index (κ1) is 14.7. The van der Waals surface area contributed by atoms with E-state index >= 15 is 0 Å². The Morgan fingerprint density at radius 3 is 2.75 bits per heavy atom. The van der Waals surface area contributed by atoms with Gasteiger partial charge in [0.25, 0.3) is 0 Å². The Balaban J connectivity index is 2.12. The second-order valence-corrected chi connectivity index (χ2v) is 5.10. The summed E-state index contributed by atoms with van der Waals surface area (Å²) in [5, 5.41) is 7.68. The minimum absolute atomic E-state index is 0.173. The van der Waals surface area contributed by atoms with Gasteiger partial charge in [-0.15, -0.1) is 0 Å². The van der Waals surface area contributed by atoms with E-state index in [2.05, 4.69) is 17.3 Å². The van der Waals surface area contributed by atoms with Crippen molar-refractivity contribution in [2.45, 2.75) is 32.7 Å². The van der Waals surface area contributed by atoms with Crippen molar-refractivity contribution in [1.82, 2.24) is 15.1 Å². The molecule has 0 bridgehead atoms. The molecule has 1 N–H and O–H groups in total. The fraction of sp³-hybridized carbons (Fsp3) is 0.438. The van der Waals surface area contributed by atoms with Gasteiger partial charge in [0.15, 0.2) is 0 Å². The topological polar surface area (TPSA) is 29.9 Å². The van der Waals surface area contributed by atoms with E-state index in [0.717, 1.165) is 24.9 Å². The molecule has 1 atom stereocenters. The number of aryl methyl sites for hydroxylation is 3. The van der Waals surface area contributed by atoms with E-state index < -0.39 is 0 Å². The lowest BCUT2D eigenvalue weighted by Gasteiger charge is -2.20. The third kappa shape index (κ3) is 3.45. The van der Waals surface area contributed by atoms with Crippen LogP contribution in [0.5, 0.6) is 0 Å². The van der Waals surface area contributed by atoms with Crippen molar-refractivity contribution in [2.24, 2.45) is 7.05 Å². The fourth-order valence-electron chi connectivity index (χ4n) is 2.58. The highest BCUT2D eigenvalue weighted by Gasteiger charge is 2.14. The minimum atomic E-state index is -0.173. The van der Waals surface area contributed by atoms with Gasteiger partial charge < -0.3 is 5.32 Å². The SMILES string of the molecule is CCNC(CCc1ccnn1C)c1ccc(F)cc1C. The van der Waals surface area contributed by atoms with Gasteiger partial charge in [-0.3, -0.25) is 4.68 Å². The molecule has 20 heavy (non-hydrogen) atoms. The van der Waals surface area contributed by atoms with Crippen LogP contribution >= 0.6 is 0 Å². The number of nitrogens with zero attached hydrogens (tertiary/aromatic N) is 2. The van der Waals surface area contributed by atoms with E-state index in [1.165, 1.54) is 17.3 Å². The molecule has 4 heteroatoms. The average molecular weight is 275 g/mol. The van der Waals surface area contributed by atoms with Crippen molar-refractivity contribution < 1.29 is 4.39 Å². The van der Waals surface area contributed by atoms with Crippen molar-refractivity contribution in [3.8, 4) is 0 Å². The number of halogens is 1. The van der Waals surface area contributed by atoms with Gasteiger partial charge in [0.05, 0.1) is 0 Å². The number of rotatable bonds is 6. The van der Waals surface area contributed by atoms with Gasteiger partial charge in [0.2, 0.25) is 0 Å². The maximum Gasteiger partial charge on any atom is 0.123 e. The Labute approximate surface area is 119 Å². The zero-order valence-corrected chi connectivity index (χ0v) is 12.4. The molecule has 0 aliphatic carbocycles. The Morgan fingerprint density at radius 1 is 1.35 bits per heavy atom. The van der Waals surface area contributed by atoms with E-state index in [1.807, 2.05) is 37.0 Å². The molecule has 1 aromatic heterocycles. The molecule has 0 aliphatic rings. The van der Waals surface area contributed by atoms with Crippen LogP contribution in [-0.2, 0) is 13.5 Å². The van der Waals surface area contributed by atoms with Crippen LogP contribution in [0.15, 0.2) is 30.5 Å². The first-order chi connectivity index (χ1) is 9.61. The second-order valence-electron chi connectivity index (χ2n) is 5.10. The standard InChI is InChI=1S/C16H22FN3/c1-4-18-16(8-6-14-9-10-19-20(14)3)15-7-5-13(17)11-12(15)2/h5,7,9-11,16,18H,4,6,8H2,1-3H3. The first-order valence-corrected chi connectivity index (χ1v) is 7.08. The molecule has 0 radical (unpaired) electrons. The lowest BCUT2D eigenvalue weighted by molar-refractivity contribution is 0.502. The van der Waals surface area contributed by atoms with Crippen molar-refractivity contribution in [1.29, 1.82) is 0 Å². The molecule has 0 spiro atoms. The molecule has 2 aromatic rings. The van der Waals surface area contributed by atoms with Crippen LogP contribution in [0.2, 0.25) is 0 Å². The van der Waals surface area contributed by atoms with Crippen LogP contribution in [-0.4, -0.2) is 16.3 Å². The van der Waals surface area contributed by atoms with Crippen LogP contribution < -0.4 is 5.32 Å². The predicted octanol–water partition coefficient (Wildman–Crippen LogP) is 3.15. The van der Waals surface area contributed by atoms with Crippen LogP contribution in [0.25, 0.3) is 0 Å². The number of benzene rings is 1. The second kappa shape index (κ2) is 6.66. The molecule has 0 aliphatic heterocycles. The van der Waals surface area contributed by atoms with Crippen molar-refractivity contribution >= 4 is 0 Å². The average Bonchev–Trinajstić information content (AvgIpc) is 2.81. The Hall–Kier alpha value is -1.68. The van der Waals surface area contributed by atoms with Crippen molar-refractivity contribution in [2.75, 3.05) is 6.54 Å². The maximum atomic E-state index is 13.2. The van der Waals surface area contributed by atoms with Crippen molar-refractivity contribution in [3.63, 3.8) is 0 Å². The molecular formula is C16H22FN3. The summed E-state index contributed by atoms with van der Waals surface area (Å²) in [7, 11) is 1.96. The van der Waals surface area contributed by atoms with Crippen LogP contribution in [0.3, 0.4) is 0 Å². The van der Waals surface area contributed by atoms with E-state index in [0.29, 0.717) is 0 Å². The summed E-state index contributed by atoms with van der Waals surface area (Å²) in [6, 6.07) is 7.32. The summed E-state index contributed by atoms with van der Waals surface area (Å²) in [6.45, 7) is 4.95. The number of hydrogen-bond donors (Lipinski definition) is 1. The summed E-state index contributed by atoms with van der Waals surface area (Å²) in [5.41, 5.74) is 3.39. The fourth-order valence-corrected chi connectivity index (χ4v) is 2.58. The summed E-state index contributed by atoms with van der Waals surface area (Å²) < 4.78 is 15.1. The van der Waals surface area contributed by atoms with E-state index in [9.17, 15) is 4.39 Å². The monoisotopic (exact) mass is 275 g/mol. The number of nitrogens with one attached hydrogen (secondary N) is 1. The molecule has 0 saturated carbocycles. The highest BCUT2D eigenvalue weighted by Crippen LogP contribution is 2.23. The van der Waals surface area contributed by atoms with Crippen LogP contribution in [0.4, 0.5) is 4.39 Å². The Kier molecular flexibility index (Phi) is 4.90.